The third kappa shape index (κ3) is 4.76. The molecule has 1 saturated heterocycles. The summed E-state index contributed by atoms with van der Waals surface area (Å²) < 4.78 is 64.4. The van der Waals surface area contributed by atoms with E-state index in [1.165, 1.54) is 26.0 Å². The lowest BCUT2D eigenvalue weighted by Crippen LogP contribution is -2.47. The Bertz CT molecular complexity index is 1110. The highest BCUT2D eigenvalue weighted by Crippen LogP contribution is 2.39. The van der Waals surface area contributed by atoms with E-state index < -0.39 is 26.3 Å². The van der Waals surface area contributed by atoms with Crippen LogP contribution in [0.15, 0.2) is 35.2 Å². The van der Waals surface area contributed by atoms with Crippen LogP contribution in [0.25, 0.3) is 0 Å². The van der Waals surface area contributed by atoms with Gasteiger partial charge in [0, 0.05) is 18.8 Å². The molecule has 0 saturated carbocycles. The van der Waals surface area contributed by atoms with Crippen molar-refractivity contribution in [2.75, 3.05) is 13.1 Å². The Morgan fingerprint density at radius 1 is 1.12 bits per heavy atom. The van der Waals surface area contributed by atoms with Crippen molar-refractivity contribution in [3.8, 4) is 0 Å². The van der Waals surface area contributed by atoms with Gasteiger partial charge in [0.1, 0.15) is 5.69 Å². The van der Waals surface area contributed by atoms with Crippen molar-refractivity contribution in [1.82, 2.24) is 14.9 Å². The maximum atomic E-state index is 13.3. The standard InChI is InChI=1S/C21H23ClF3N3O3S/c1-13-11-17(27-19(22)26-13)18(29)28-9-7-14(8-10-28)20(2,3)32(30,31)16-6-4-5-15(12-16)21(23,24)25/h4-6,11-12,14H,7-10H2,1-3H3. The van der Waals surface area contributed by atoms with Gasteiger partial charge in [0.05, 0.1) is 15.2 Å². The number of alkyl halides is 3. The van der Waals surface area contributed by atoms with Gasteiger partial charge >= 0.3 is 6.18 Å². The second-order valence-electron chi connectivity index (χ2n) is 8.36. The lowest BCUT2D eigenvalue weighted by molar-refractivity contribution is -0.137. The van der Waals surface area contributed by atoms with Crippen LogP contribution in [0.5, 0.6) is 0 Å². The monoisotopic (exact) mass is 489 g/mol. The third-order valence-corrected chi connectivity index (χ3v) is 8.74. The summed E-state index contributed by atoms with van der Waals surface area (Å²) in [6.07, 6.45) is -3.87. The van der Waals surface area contributed by atoms with Crippen LogP contribution >= 0.6 is 11.6 Å². The Morgan fingerprint density at radius 3 is 2.31 bits per heavy atom. The molecule has 1 fully saturated rings. The minimum Gasteiger partial charge on any atom is -0.337 e. The molecule has 1 aliphatic heterocycles. The number of aromatic nitrogens is 2. The Hall–Kier alpha value is -2.20. The molecule has 32 heavy (non-hydrogen) atoms. The summed E-state index contributed by atoms with van der Waals surface area (Å²) in [7, 11) is -4.06. The Labute approximate surface area is 189 Å². The van der Waals surface area contributed by atoms with Crippen LogP contribution in [0.2, 0.25) is 5.28 Å². The first-order valence-corrected chi connectivity index (χ1v) is 11.8. The molecule has 1 aromatic carbocycles. The number of sulfone groups is 1. The number of carbonyl (C=O) groups is 1. The molecule has 0 atom stereocenters. The molecule has 1 aromatic heterocycles. The molecule has 11 heteroatoms. The average molecular weight is 490 g/mol. The highest BCUT2D eigenvalue weighted by atomic mass is 35.5. The van der Waals surface area contributed by atoms with E-state index in [0.29, 0.717) is 37.7 Å². The second-order valence-corrected chi connectivity index (χ2v) is 11.2. The lowest BCUT2D eigenvalue weighted by Gasteiger charge is -2.40. The van der Waals surface area contributed by atoms with Crippen molar-refractivity contribution in [2.45, 2.75) is 49.4 Å². The van der Waals surface area contributed by atoms with Crippen LogP contribution in [-0.2, 0) is 16.0 Å². The van der Waals surface area contributed by atoms with Crippen LogP contribution in [0, 0.1) is 12.8 Å². The molecule has 1 aliphatic rings. The predicted octanol–water partition coefficient (Wildman–Crippen LogP) is 4.56. The van der Waals surface area contributed by atoms with Crippen LogP contribution < -0.4 is 0 Å². The summed E-state index contributed by atoms with van der Waals surface area (Å²) in [6.45, 7) is 5.34. The largest absolute Gasteiger partial charge is 0.416 e. The zero-order valence-electron chi connectivity index (χ0n) is 17.8. The average Bonchev–Trinajstić information content (AvgIpc) is 2.72. The summed E-state index contributed by atoms with van der Waals surface area (Å²) in [6, 6.07) is 5.34. The number of aryl methyl sites for hydroxylation is 1. The van der Waals surface area contributed by atoms with Gasteiger partial charge in [-0.15, -0.1) is 0 Å². The summed E-state index contributed by atoms with van der Waals surface area (Å²) in [5.74, 6) is -0.670. The van der Waals surface area contributed by atoms with Crippen molar-refractivity contribution in [3.05, 3.63) is 52.6 Å². The van der Waals surface area contributed by atoms with Gasteiger partial charge in [-0.3, -0.25) is 4.79 Å². The molecule has 1 amide bonds. The van der Waals surface area contributed by atoms with Gasteiger partial charge in [0.2, 0.25) is 5.28 Å². The number of piperidine rings is 1. The fourth-order valence-electron chi connectivity index (χ4n) is 3.94. The van der Waals surface area contributed by atoms with E-state index >= 15 is 0 Å². The zero-order valence-corrected chi connectivity index (χ0v) is 19.4. The topological polar surface area (TPSA) is 80.2 Å². The van der Waals surface area contributed by atoms with E-state index in [4.69, 9.17) is 11.6 Å². The van der Waals surface area contributed by atoms with E-state index in [1.807, 2.05) is 0 Å². The normalized spacial score (nSPS) is 16.3. The van der Waals surface area contributed by atoms with E-state index in [2.05, 4.69) is 9.97 Å². The van der Waals surface area contributed by atoms with E-state index in [0.717, 1.165) is 12.1 Å². The maximum Gasteiger partial charge on any atom is 0.416 e. The quantitative estimate of drug-likeness (QED) is 0.588. The minimum absolute atomic E-state index is 0.0310. The molecular formula is C21H23ClF3N3O3S. The number of rotatable bonds is 4. The summed E-state index contributed by atoms with van der Waals surface area (Å²) in [4.78, 5) is 21.9. The summed E-state index contributed by atoms with van der Waals surface area (Å²) in [5, 5.41) is -0.0310. The van der Waals surface area contributed by atoms with E-state index in [-0.39, 0.29) is 27.7 Å². The van der Waals surface area contributed by atoms with Gasteiger partial charge in [0.25, 0.3) is 5.91 Å². The van der Waals surface area contributed by atoms with Gasteiger partial charge < -0.3 is 4.90 Å². The molecule has 0 aliphatic carbocycles. The predicted molar refractivity (Wildman–Crippen MR) is 113 cm³/mol. The molecule has 174 valence electrons. The molecule has 6 nitrogen and oxygen atoms in total. The van der Waals surface area contributed by atoms with Gasteiger partial charge in [-0.1, -0.05) is 6.07 Å². The number of hydrogen-bond acceptors (Lipinski definition) is 5. The van der Waals surface area contributed by atoms with E-state index in [9.17, 15) is 26.4 Å². The Balaban J connectivity index is 1.77. The van der Waals surface area contributed by atoms with Crippen molar-refractivity contribution in [3.63, 3.8) is 0 Å². The first kappa shape index (κ1) is 24.4. The van der Waals surface area contributed by atoms with Crippen LogP contribution in [0.1, 0.15) is 48.4 Å². The number of benzene rings is 1. The van der Waals surface area contributed by atoms with Gasteiger partial charge in [-0.2, -0.15) is 13.2 Å². The van der Waals surface area contributed by atoms with Crippen molar-refractivity contribution in [2.24, 2.45) is 5.92 Å². The molecule has 3 rings (SSSR count). The molecule has 0 N–H and O–H groups in total. The maximum absolute atomic E-state index is 13.3. The van der Waals surface area contributed by atoms with Gasteiger partial charge in [-0.05, 0) is 75.4 Å². The van der Waals surface area contributed by atoms with Crippen LogP contribution in [0.3, 0.4) is 0 Å². The highest BCUT2D eigenvalue weighted by molar-refractivity contribution is 7.92. The summed E-state index contributed by atoms with van der Waals surface area (Å²) >= 11 is 5.83. The minimum atomic E-state index is -4.64. The number of halogens is 4. The first-order valence-electron chi connectivity index (χ1n) is 9.96. The second kappa shape index (κ2) is 8.62. The molecular weight excluding hydrogens is 467 g/mol. The number of nitrogens with zero attached hydrogens (tertiary/aromatic N) is 3. The SMILES string of the molecule is Cc1cc(C(=O)N2CCC(C(C)(C)S(=O)(=O)c3cccc(C(F)(F)F)c3)CC2)nc(Cl)n1. The molecule has 0 spiro atoms. The van der Waals surface area contributed by atoms with Crippen LogP contribution in [-0.4, -0.2) is 47.0 Å². The fourth-order valence-corrected chi connectivity index (χ4v) is 5.99. The van der Waals surface area contributed by atoms with Crippen LogP contribution in [0.4, 0.5) is 13.2 Å². The lowest BCUT2D eigenvalue weighted by atomic mass is 9.85. The highest BCUT2D eigenvalue weighted by Gasteiger charge is 2.45. The molecule has 2 aromatic rings. The third-order valence-electron chi connectivity index (χ3n) is 5.98. The van der Waals surface area contributed by atoms with Gasteiger partial charge in [-0.25, -0.2) is 18.4 Å². The molecule has 0 bridgehead atoms. The van der Waals surface area contributed by atoms with Crippen molar-refractivity contribution < 1.29 is 26.4 Å². The number of likely N-dealkylation sites (tertiary alicyclic amines) is 1. The first-order chi connectivity index (χ1) is 14.7. The van der Waals surface area contributed by atoms with E-state index in [1.54, 1.807) is 11.8 Å². The summed E-state index contributed by atoms with van der Waals surface area (Å²) in [5.41, 5.74) is -0.290. The Kier molecular flexibility index (Phi) is 6.59. The Morgan fingerprint density at radius 2 is 1.75 bits per heavy atom. The molecule has 2 heterocycles. The zero-order chi connectivity index (χ0) is 23.9. The fraction of sp³-hybridized carbons (Fsp3) is 0.476. The van der Waals surface area contributed by atoms with Gasteiger partial charge in [0.15, 0.2) is 9.84 Å². The van der Waals surface area contributed by atoms with Crippen molar-refractivity contribution in [1.29, 1.82) is 0 Å². The van der Waals surface area contributed by atoms with Crippen molar-refractivity contribution >= 4 is 27.3 Å². The molecule has 0 radical (unpaired) electrons. The molecule has 0 unspecified atom stereocenters. The smallest absolute Gasteiger partial charge is 0.337 e. The number of hydrogen-bond donors (Lipinski definition) is 0. The number of amides is 1. The number of carbonyl (C=O) groups excluding carboxylic acids is 1.